The first kappa shape index (κ1) is 20.9. The number of imidazole rings is 1. The molecule has 2 N–H and O–H groups in total. The number of nitriles is 1. The van der Waals surface area contributed by atoms with Gasteiger partial charge in [-0.2, -0.15) is 14.9 Å². The van der Waals surface area contributed by atoms with Crippen LogP contribution >= 0.6 is 0 Å². The molecule has 0 aliphatic rings. The number of nitrogens with one attached hydrogen (secondary N) is 2. The third-order valence-electron chi connectivity index (χ3n) is 5.13. The van der Waals surface area contributed by atoms with Gasteiger partial charge in [-0.15, -0.1) is 0 Å². The first-order chi connectivity index (χ1) is 15.6. The van der Waals surface area contributed by atoms with E-state index in [2.05, 4.69) is 21.5 Å². The molecule has 0 bridgehead atoms. The van der Waals surface area contributed by atoms with E-state index in [0.29, 0.717) is 40.8 Å². The van der Waals surface area contributed by atoms with E-state index in [1.807, 2.05) is 36.4 Å². The van der Waals surface area contributed by atoms with E-state index in [9.17, 15) is 5.26 Å². The van der Waals surface area contributed by atoms with Gasteiger partial charge in [-0.3, -0.25) is 0 Å². The zero-order valence-corrected chi connectivity index (χ0v) is 18.2. The molecule has 4 aromatic rings. The number of nitrogens with zero attached hydrogens (tertiary/aromatic N) is 3. The van der Waals surface area contributed by atoms with Gasteiger partial charge in [-0.05, 0) is 29.8 Å². The number of aromatic nitrogens is 3. The molecule has 4 rings (SSSR count). The van der Waals surface area contributed by atoms with Crippen molar-refractivity contribution in [2.75, 3.05) is 33.8 Å². The predicted octanol–water partition coefficient (Wildman–Crippen LogP) is 3.85. The van der Waals surface area contributed by atoms with Crippen LogP contribution in [0.5, 0.6) is 23.0 Å². The van der Waals surface area contributed by atoms with Crippen molar-refractivity contribution in [3.05, 3.63) is 53.7 Å². The average molecular weight is 433 g/mol. The lowest BCUT2D eigenvalue weighted by molar-refractivity contribution is 0.324. The first-order valence-corrected chi connectivity index (χ1v) is 9.80. The van der Waals surface area contributed by atoms with E-state index in [1.165, 1.54) is 6.20 Å². The summed E-state index contributed by atoms with van der Waals surface area (Å²) in [5.74, 6) is 3.01. The van der Waals surface area contributed by atoms with Gasteiger partial charge in [-0.25, -0.2) is 0 Å². The molecule has 0 fully saturated rings. The minimum absolute atomic E-state index is 0.438. The maximum absolute atomic E-state index is 9.48. The Morgan fingerprint density at radius 1 is 1.03 bits per heavy atom. The number of aromatic amines is 1. The highest BCUT2D eigenvalue weighted by atomic mass is 16.5. The first-order valence-electron chi connectivity index (χ1n) is 9.80. The number of hydrogen-bond acceptors (Lipinski definition) is 7. The Morgan fingerprint density at radius 3 is 2.41 bits per heavy atom. The van der Waals surface area contributed by atoms with Crippen molar-refractivity contribution in [2.24, 2.45) is 0 Å². The van der Waals surface area contributed by atoms with Crippen molar-refractivity contribution in [1.29, 1.82) is 5.26 Å². The molecule has 0 unspecified atom stereocenters. The third kappa shape index (κ3) is 3.63. The molecule has 2 heterocycles. The third-order valence-corrected chi connectivity index (χ3v) is 5.13. The Morgan fingerprint density at radius 2 is 1.78 bits per heavy atom. The summed E-state index contributed by atoms with van der Waals surface area (Å²) in [6, 6.07) is 13.6. The number of anilines is 1. The normalized spacial score (nSPS) is 10.6. The summed E-state index contributed by atoms with van der Waals surface area (Å²) in [5, 5.41) is 17.3. The van der Waals surface area contributed by atoms with Crippen molar-refractivity contribution in [3.63, 3.8) is 0 Å². The lowest BCUT2D eigenvalue weighted by atomic mass is 10.1. The fourth-order valence-corrected chi connectivity index (χ4v) is 3.57. The second kappa shape index (κ2) is 8.81. The highest BCUT2D eigenvalue weighted by Crippen LogP contribution is 2.42. The van der Waals surface area contributed by atoms with E-state index in [4.69, 9.17) is 18.9 Å². The second-order valence-corrected chi connectivity index (χ2v) is 6.90. The molecular weight excluding hydrogens is 410 g/mol. The molecule has 0 saturated carbocycles. The molecule has 0 atom stereocenters. The Kier molecular flexibility index (Phi) is 5.77. The Balaban J connectivity index is 1.83. The number of methoxy groups -OCH3 is 4. The smallest absolute Gasteiger partial charge is 0.203 e. The summed E-state index contributed by atoms with van der Waals surface area (Å²) in [6.07, 6.45) is 1.53. The van der Waals surface area contributed by atoms with Crippen molar-refractivity contribution >= 4 is 11.5 Å². The standard InChI is InChI=1S/C23H23N5O4/c1-29-17-7-5-6-14(8-17)12-25-23-20(27-22-16(11-24)13-26-28(22)23)15-9-18(30-2)21(32-4)19(10-15)31-3/h5-10,13,25,27H,12H2,1-4H3. The number of hydrogen-bond donors (Lipinski definition) is 2. The molecule has 0 amide bonds. The lowest BCUT2D eigenvalue weighted by Crippen LogP contribution is -2.04. The summed E-state index contributed by atoms with van der Waals surface area (Å²) in [4.78, 5) is 3.32. The van der Waals surface area contributed by atoms with Gasteiger partial charge in [0, 0.05) is 12.1 Å². The molecule has 9 nitrogen and oxygen atoms in total. The molecule has 0 spiro atoms. The van der Waals surface area contributed by atoms with Gasteiger partial charge in [0.1, 0.15) is 17.4 Å². The van der Waals surface area contributed by atoms with Crippen LogP contribution in [0.1, 0.15) is 11.1 Å². The van der Waals surface area contributed by atoms with Crippen molar-refractivity contribution < 1.29 is 18.9 Å². The van der Waals surface area contributed by atoms with E-state index >= 15 is 0 Å². The summed E-state index contributed by atoms with van der Waals surface area (Å²) in [7, 11) is 6.33. The van der Waals surface area contributed by atoms with Crippen molar-refractivity contribution in [2.45, 2.75) is 6.54 Å². The molecule has 2 aromatic carbocycles. The van der Waals surface area contributed by atoms with Crippen LogP contribution < -0.4 is 24.3 Å². The van der Waals surface area contributed by atoms with E-state index in [-0.39, 0.29) is 0 Å². The Labute approximate surface area is 185 Å². The van der Waals surface area contributed by atoms with Crippen LogP contribution in [0.4, 0.5) is 5.82 Å². The van der Waals surface area contributed by atoms with Crippen LogP contribution in [-0.4, -0.2) is 43.0 Å². The fourth-order valence-electron chi connectivity index (χ4n) is 3.57. The van der Waals surface area contributed by atoms with E-state index in [1.54, 1.807) is 33.0 Å². The average Bonchev–Trinajstić information content (AvgIpc) is 3.40. The number of ether oxygens (including phenoxy) is 4. The van der Waals surface area contributed by atoms with Crippen molar-refractivity contribution in [1.82, 2.24) is 14.6 Å². The summed E-state index contributed by atoms with van der Waals surface area (Å²) in [5.41, 5.74) is 3.56. The predicted molar refractivity (Wildman–Crippen MR) is 120 cm³/mol. The molecule has 2 aromatic heterocycles. The van der Waals surface area contributed by atoms with Gasteiger partial charge in [0.25, 0.3) is 0 Å². The number of rotatable bonds is 8. The molecule has 32 heavy (non-hydrogen) atoms. The van der Waals surface area contributed by atoms with Crippen LogP contribution in [0.2, 0.25) is 0 Å². The summed E-state index contributed by atoms with van der Waals surface area (Å²) in [6.45, 7) is 0.517. The molecular formula is C23H23N5O4. The monoisotopic (exact) mass is 433 g/mol. The van der Waals surface area contributed by atoms with Gasteiger partial charge in [-0.1, -0.05) is 12.1 Å². The summed E-state index contributed by atoms with van der Waals surface area (Å²) >= 11 is 0. The minimum Gasteiger partial charge on any atom is -0.497 e. The Bertz CT molecular complexity index is 1280. The Hall–Kier alpha value is -4.32. The SMILES string of the molecule is COc1cccc(CNc2c(-c3cc(OC)c(OC)c(OC)c3)[nH]c3c(C#N)cnn23)c1. The van der Waals surface area contributed by atoms with Gasteiger partial charge in [0.15, 0.2) is 23.0 Å². The maximum Gasteiger partial charge on any atom is 0.203 e. The topological polar surface area (TPSA) is 106 Å². The fraction of sp³-hybridized carbons (Fsp3) is 0.217. The number of fused-ring (bicyclic) bond motifs is 1. The number of H-pyrrole nitrogens is 1. The van der Waals surface area contributed by atoms with Gasteiger partial charge < -0.3 is 29.2 Å². The van der Waals surface area contributed by atoms with Crippen molar-refractivity contribution in [3.8, 4) is 40.3 Å². The van der Waals surface area contributed by atoms with Gasteiger partial charge >= 0.3 is 0 Å². The molecule has 0 aliphatic carbocycles. The zero-order chi connectivity index (χ0) is 22.7. The minimum atomic E-state index is 0.438. The molecule has 0 aliphatic heterocycles. The highest BCUT2D eigenvalue weighted by Gasteiger charge is 2.21. The molecule has 0 saturated heterocycles. The van der Waals surface area contributed by atoms with E-state index in [0.717, 1.165) is 22.6 Å². The zero-order valence-electron chi connectivity index (χ0n) is 18.2. The van der Waals surface area contributed by atoms with Gasteiger partial charge in [0.05, 0.1) is 40.3 Å². The van der Waals surface area contributed by atoms with E-state index < -0.39 is 0 Å². The molecule has 0 radical (unpaired) electrons. The second-order valence-electron chi connectivity index (χ2n) is 6.90. The largest absolute Gasteiger partial charge is 0.497 e. The molecule has 164 valence electrons. The lowest BCUT2D eigenvalue weighted by Gasteiger charge is -2.15. The van der Waals surface area contributed by atoms with Crippen LogP contribution in [-0.2, 0) is 6.54 Å². The maximum atomic E-state index is 9.48. The van der Waals surface area contributed by atoms with Crippen LogP contribution in [0.15, 0.2) is 42.6 Å². The summed E-state index contributed by atoms with van der Waals surface area (Å²) < 4.78 is 23.5. The number of benzene rings is 2. The highest BCUT2D eigenvalue weighted by molar-refractivity contribution is 5.80. The quantitative estimate of drug-likeness (QED) is 0.435. The molecule has 9 heteroatoms. The van der Waals surface area contributed by atoms with Gasteiger partial charge in [0.2, 0.25) is 5.75 Å². The van der Waals surface area contributed by atoms with Crippen LogP contribution in [0, 0.1) is 11.3 Å². The van der Waals surface area contributed by atoms with Crippen LogP contribution in [0.25, 0.3) is 16.9 Å². The van der Waals surface area contributed by atoms with Crippen LogP contribution in [0.3, 0.4) is 0 Å².